The first-order chi connectivity index (χ1) is 14.4. The molecule has 2 fully saturated rings. The van der Waals surface area contributed by atoms with Crippen LogP contribution in [0.4, 0.5) is 5.82 Å². The van der Waals surface area contributed by atoms with Gasteiger partial charge in [0.25, 0.3) is 0 Å². The highest BCUT2D eigenvalue weighted by molar-refractivity contribution is 6.29. The van der Waals surface area contributed by atoms with Crippen molar-refractivity contribution in [2.75, 3.05) is 37.6 Å². The first-order valence-corrected chi connectivity index (χ1v) is 10.6. The Balaban J connectivity index is 1.42. The average molecular weight is 429 g/mol. The molecule has 0 atom stereocenters. The molecule has 9 nitrogen and oxygen atoms in total. The number of rotatable bonds is 4. The number of nitrogens with zero attached hydrogens (tertiary/aromatic N) is 7. The quantitative estimate of drug-likeness (QED) is 0.680. The number of hydrogen-bond donors (Lipinski definition) is 1. The lowest BCUT2D eigenvalue weighted by Gasteiger charge is -2.42. The summed E-state index contributed by atoms with van der Waals surface area (Å²) in [5, 5.41) is 8.30. The van der Waals surface area contributed by atoms with E-state index in [4.69, 9.17) is 16.6 Å². The third kappa shape index (κ3) is 3.31. The Morgan fingerprint density at radius 2 is 2.07 bits per heavy atom. The van der Waals surface area contributed by atoms with Gasteiger partial charge in [-0.25, -0.2) is 9.97 Å². The van der Waals surface area contributed by atoms with Gasteiger partial charge in [-0.15, -0.1) is 0 Å². The maximum absolute atomic E-state index is 12.9. The van der Waals surface area contributed by atoms with Crippen LogP contribution in [-0.4, -0.2) is 73.2 Å². The summed E-state index contributed by atoms with van der Waals surface area (Å²) < 4.78 is 3.53. The molecule has 0 radical (unpaired) electrons. The molecule has 2 aliphatic rings. The van der Waals surface area contributed by atoms with Crippen LogP contribution < -0.4 is 10.2 Å². The number of halogens is 1. The summed E-state index contributed by atoms with van der Waals surface area (Å²) in [6.07, 6.45) is 8.27. The number of nitrogens with one attached hydrogen (secondary N) is 1. The maximum Gasteiger partial charge on any atom is 0.244 e. The lowest BCUT2D eigenvalue weighted by Crippen LogP contribution is -2.60. The zero-order valence-corrected chi connectivity index (χ0v) is 17.9. The highest BCUT2D eigenvalue weighted by Gasteiger charge is 2.33. The van der Waals surface area contributed by atoms with Gasteiger partial charge in [0.2, 0.25) is 5.91 Å². The minimum Gasteiger partial charge on any atom is -0.353 e. The van der Waals surface area contributed by atoms with Gasteiger partial charge >= 0.3 is 0 Å². The molecule has 3 aromatic rings. The normalized spacial score (nSPS) is 18.6. The molecule has 10 heteroatoms. The van der Waals surface area contributed by atoms with Crippen LogP contribution in [0, 0.1) is 0 Å². The van der Waals surface area contributed by atoms with Crippen LogP contribution in [0.5, 0.6) is 0 Å². The van der Waals surface area contributed by atoms with Crippen LogP contribution in [0.25, 0.3) is 16.9 Å². The van der Waals surface area contributed by atoms with Crippen molar-refractivity contribution in [3.05, 3.63) is 29.9 Å². The summed E-state index contributed by atoms with van der Waals surface area (Å²) in [4.78, 5) is 26.3. The van der Waals surface area contributed by atoms with Gasteiger partial charge in [-0.3, -0.25) is 13.9 Å². The van der Waals surface area contributed by atoms with Crippen LogP contribution in [-0.2, 0) is 11.3 Å². The molecule has 158 valence electrons. The summed E-state index contributed by atoms with van der Waals surface area (Å²) in [5.74, 6) is 0.899. The molecule has 5 rings (SSSR count). The fourth-order valence-corrected chi connectivity index (χ4v) is 4.25. The van der Waals surface area contributed by atoms with Gasteiger partial charge in [0.15, 0.2) is 11.5 Å². The van der Waals surface area contributed by atoms with E-state index in [1.165, 1.54) is 0 Å². The molecule has 5 heterocycles. The number of fused-ring (bicyclic) bond motifs is 1. The Labute approximate surface area is 179 Å². The molecule has 0 unspecified atom stereocenters. The summed E-state index contributed by atoms with van der Waals surface area (Å²) in [5.41, 5.74) is 2.15. The van der Waals surface area contributed by atoms with Crippen molar-refractivity contribution in [2.45, 2.75) is 32.4 Å². The second kappa shape index (κ2) is 7.24. The smallest absolute Gasteiger partial charge is 0.244 e. The van der Waals surface area contributed by atoms with Crippen molar-refractivity contribution >= 4 is 29.0 Å². The lowest BCUT2D eigenvalue weighted by molar-refractivity contribution is -0.138. The molecule has 0 spiro atoms. The fourth-order valence-electron chi connectivity index (χ4n) is 4.07. The third-order valence-corrected chi connectivity index (χ3v) is 6.19. The van der Waals surface area contributed by atoms with Gasteiger partial charge in [-0.05, 0) is 20.3 Å². The minimum atomic E-state index is -0.206. The highest BCUT2D eigenvalue weighted by atomic mass is 35.5. The number of amides is 1. The van der Waals surface area contributed by atoms with Gasteiger partial charge in [-0.1, -0.05) is 11.6 Å². The zero-order chi connectivity index (χ0) is 20.9. The largest absolute Gasteiger partial charge is 0.353 e. The summed E-state index contributed by atoms with van der Waals surface area (Å²) in [7, 11) is 0. The van der Waals surface area contributed by atoms with E-state index in [1.54, 1.807) is 17.1 Å². The van der Waals surface area contributed by atoms with E-state index in [2.05, 4.69) is 34.1 Å². The molecule has 0 bridgehead atoms. The number of hydrogen-bond acceptors (Lipinski definition) is 6. The van der Waals surface area contributed by atoms with Gasteiger partial charge in [0.1, 0.15) is 11.7 Å². The zero-order valence-electron chi connectivity index (χ0n) is 17.2. The van der Waals surface area contributed by atoms with Crippen molar-refractivity contribution in [3.63, 3.8) is 0 Å². The number of anilines is 1. The number of piperazine rings is 1. The predicted molar refractivity (Wildman–Crippen MR) is 115 cm³/mol. The summed E-state index contributed by atoms with van der Waals surface area (Å²) in [6, 6.07) is 0. The Kier molecular flexibility index (Phi) is 4.67. The predicted octanol–water partition coefficient (Wildman–Crippen LogP) is 1.67. The van der Waals surface area contributed by atoms with E-state index < -0.39 is 0 Å². The molecule has 2 saturated heterocycles. The first-order valence-electron chi connectivity index (χ1n) is 10.2. The summed E-state index contributed by atoms with van der Waals surface area (Å²) >= 11 is 6.33. The molecular formula is C20H25ClN8O. The Morgan fingerprint density at radius 3 is 2.80 bits per heavy atom. The Morgan fingerprint density at radius 1 is 1.23 bits per heavy atom. The Hall–Kier alpha value is -2.65. The lowest BCUT2D eigenvalue weighted by atomic mass is 10.00. The van der Waals surface area contributed by atoms with Crippen molar-refractivity contribution < 1.29 is 4.79 Å². The van der Waals surface area contributed by atoms with E-state index in [9.17, 15) is 4.79 Å². The molecule has 3 aromatic heterocycles. The molecule has 2 aliphatic heterocycles. The molecule has 0 aromatic carbocycles. The molecule has 0 aliphatic carbocycles. The average Bonchev–Trinajstić information content (AvgIpc) is 3.27. The van der Waals surface area contributed by atoms with E-state index in [1.807, 2.05) is 21.7 Å². The van der Waals surface area contributed by atoms with E-state index in [0.29, 0.717) is 11.7 Å². The number of carbonyl (C=O) groups is 1. The maximum atomic E-state index is 12.9. The second-order valence-corrected chi connectivity index (χ2v) is 8.91. The van der Waals surface area contributed by atoms with Crippen molar-refractivity contribution in [2.24, 2.45) is 0 Å². The number of imidazole rings is 1. The Bertz CT molecular complexity index is 1100. The second-order valence-electron chi connectivity index (χ2n) is 8.53. The van der Waals surface area contributed by atoms with Crippen LogP contribution in [0.2, 0.25) is 5.15 Å². The van der Waals surface area contributed by atoms with E-state index in [-0.39, 0.29) is 18.0 Å². The third-order valence-electron chi connectivity index (χ3n) is 5.91. The van der Waals surface area contributed by atoms with Gasteiger partial charge in [0, 0.05) is 56.2 Å². The molecular weight excluding hydrogens is 404 g/mol. The number of carbonyl (C=O) groups excluding carboxylic acids is 1. The topological polar surface area (TPSA) is 83.6 Å². The number of aromatic nitrogens is 5. The summed E-state index contributed by atoms with van der Waals surface area (Å²) in [6.45, 7) is 8.60. The molecule has 1 N–H and O–H groups in total. The van der Waals surface area contributed by atoms with E-state index in [0.717, 1.165) is 55.3 Å². The standard InChI is InChI=1S/C20H25ClN8O/c1-20(2)13-22-4-7-29(20)17(30)12-27-10-14(8-24-27)15-11-28-16(21)9-23-18(28)19(25-15)26-5-3-6-26/h8-11,22H,3-7,12-13H2,1-2H3. The monoisotopic (exact) mass is 428 g/mol. The minimum absolute atomic E-state index is 0.0680. The van der Waals surface area contributed by atoms with Crippen LogP contribution in [0.1, 0.15) is 20.3 Å². The fraction of sp³-hybridized carbons (Fsp3) is 0.500. The molecule has 1 amide bonds. The highest BCUT2D eigenvalue weighted by Crippen LogP contribution is 2.29. The SMILES string of the molecule is CC1(C)CNCCN1C(=O)Cn1cc(-c2cn3c(Cl)cnc3c(N3CCC3)n2)cn1. The molecule has 0 saturated carbocycles. The van der Waals surface area contributed by atoms with Gasteiger partial charge in [-0.2, -0.15) is 5.10 Å². The van der Waals surface area contributed by atoms with Crippen LogP contribution in [0.15, 0.2) is 24.8 Å². The van der Waals surface area contributed by atoms with Crippen LogP contribution in [0.3, 0.4) is 0 Å². The van der Waals surface area contributed by atoms with Gasteiger partial charge < -0.3 is 15.1 Å². The van der Waals surface area contributed by atoms with Gasteiger partial charge in [0.05, 0.1) is 18.1 Å². The van der Waals surface area contributed by atoms with Crippen molar-refractivity contribution in [3.8, 4) is 11.3 Å². The first kappa shape index (κ1) is 19.3. The molecule has 30 heavy (non-hydrogen) atoms. The van der Waals surface area contributed by atoms with Crippen molar-refractivity contribution in [1.29, 1.82) is 0 Å². The van der Waals surface area contributed by atoms with Crippen molar-refractivity contribution in [1.82, 2.24) is 34.4 Å². The van der Waals surface area contributed by atoms with E-state index >= 15 is 0 Å². The van der Waals surface area contributed by atoms with Crippen LogP contribution >= 0.6 is 11.6 Å².